The Morgan fingerprint density at radius 3 is 1.59 bits per heavy atom. The van der Waals surface area contributed by atoms with Gasteiger partial charge in [-0.25, -0.2) is 4.79 Å². The van der Waals surface area contributed by atoms with Crippen molar-refractivity contribution in [1.82, 2.24) is 0 Å². The van der Waals surface area contributed by atoms with Gasteiger partial charge in [0, 0.05) is 0 Å². The molecule has 0 N–H and O–H groups in total. The molecule has 2 rings (SSSR count). The number of benzene rings is 2. The van der Waals surface area contributed by atoms with Crippen LogP contribution in [-0.4, -0.2) is 19.3 Å². The molecular formula is C18H19NO3. The summed E-state index contributed by atoms with van der Waals surface area (Å²) in [5, 5.41) is 0. The van der Waals surface area contributed by atoms with Crippen LogP contribution >= 0.6 is 0 Å². The van der Waals surface area contributed by atoms with E-state index < -0.39 is 0 Å². The molecule has 0 bridgehead atoms. The molecule has 0 radical (unpaired) electrons. The molecule has 0 heterocycles. The van der Waals surface area contributed by atoms with Crippen LogP contribution in [0.4, 0.5) is 0 Å². The second kappa shape index (κ2) is 8.01. The van der Waals surface area contributed by atoms with E-state index in [0.29, 0.717) is 13.2 Å². The monoisotopic (exact) mass is 297 g/mol. The summed E-state index contributed by atoms with van der Waals surface area (Å²) < 4.78 is 10.8. The van der Waals surface area contributed by atoms with Gasteiger partial charge in [-0.1, -0.05) is 24.3 Å². The van der Waals surface area contributed by atoms with Gasteiger partial charge in [-0.2, -0.15) is 4.99 Å². The minimum atomic E-state index is -0.371. The highest BCUT2D eigenvalue weighted by Crippen LogP contribution is 2.28. The fourth-order valence-electron chi connectivity index (χ4n) is 2.22. The molecule has 0 spiro atoms. The average molecular weight is 297 g/mol. The molecule has 0 aromatic heterocycles. The molecule has 0 amide bonds. The second-order valence-electron chi connectivity index (χ2n) is 4.63. The number of nitrogens with zero attached hydrogens (tertiary/aromatic N) is 1. The SMILES string of the molecule is CCOc1ccc(C(N=C=O)c2ccc(OCC)cc2)cc1. The highest BCUT2D eigenvalue weighted by molar-refractivity contribution is 5.42. The Bertz CT molecular complexity index is 579. The molecule has 4 nitrogen and oxygen atoms in total. The average Bonchev–Trinajstić information content (AvgIpc) is 2.55. The molecule has 2 aromatic rings. The lowest BCUT2D eigenvalue weighted by Gasteiger charge is -2.13. The standard InChI is InChI=1S/C18H19NO3/c1-3-21-16-9-5-14(6-10-16)18(19-13-20)15-7-11-17(12-8-15)22-4-2/h5-12,18H,3-4H2,1-2H3. The van der Waals surface area contributed by atoms with Gasteiger partial charge in [0.2, 0.25) is 6.08 Å². The van der Waals surface area contributed by atoms with Gasteiger partial charge in [-0.15, -0.1) is 0 Å². The highest BCUT2D eigenvalue weighted by Gasteiger charge is 2.13. The molecule has 0 fully saturated rings. The zero-order chi connectivity index (χ0) is 15.8. The van der Waals surface area contributed by atoms with Crippen molar-refractivity contribution in [2.24, 2.45) is 4.99 Å². The molecular weight excluding hydrogens is 278 g/mol. The second-order valence-corrected chi connectivity index (χ2v) is 4.63. The predicted molar refractivity (Wildman–Crippen MR) is 85.2 cm³/mol. The molecule has 0 atom stereocenters. The third kappa shape index (κ3) is 3.96. The fourth-order valence-corrected chi connectivity index (χ4v) is 2.22. The minimum absolute atomic E-state index is 0.371. The van der Waals surface area contributed by atoms with Gasteiger partial charge in [-0.05, 0) is 49.2 Å². The zero-order valence-corrected chi connectivity index (χ0v) is 12.8. The largest absolute Gasteiger partial charge is 0.494 e. The predicted octanol–water partition coefficient (Wildman–Crippen LogP) is 3.91. The first-order chi connectivity index (χ1) is 10.8. The quantitative estimate of drug-likeness (QED) is 0.575. The van der Waals surface area contributed by atoms with Crippen molar-refractivity contribution in [3.05, 3.63) is 59.7 Å². The maximum absolute atomic E-state index is 10.8. The van der Waals surface area contributed by atoms with Crippen LogP contribution < -0.4 is 9.47 Å². The van der Waals surface area contributed by atoms with Crippen molar-refractivity contribution in [2.75, 3.05) is 13.2 Å². The van der Waals surface area contributed by atoms with Gasteiger partial charge in [0.15, 0.2) is 0 Å². The van der Waals surface area contributed by atoms with Crippen molar-refractivity contribution >= 4 is 6.08 Å². The third-order valence-electron chi connectivity index (χ3n) is 3.20. The molecule has 22 heavy (non-hydrogen) atoms. The summed E-state index contributed by atoms with van der Waals surface area (Å²) in [6.45, 7) is 5.11. The van der Waals surface area contributed by atoms with Crippen LogP contribution in [0.1, 0.15) is 31.0 Å². The van der Waals surface area contributed by atoms with Gasteiger partial charge in [0.05, 0.1) is 13.2 Å². The van der Waals surface area contributed by atoms with Crippen LogP contribution in [0, 0.1) is 0 Å². The number of rotatable bonds is 7. The van der Waals surface area contributed by atoms with Crippen LogP contribution in [0.5, 0.6) is 11.5 Å². The maximum atomic E-state index is 10.8. The minimum Gasteiger partial charge on any atom is -0.494 e. The van der Waals surface area contributed by atoms with Crippen molar-refractivity contribution in [2.45, 2.75) is 19.9 Å². The number of isocyanates is 1. The Balaban J connectivity index is 2.27. The lowest BCUT2D eigenvalue weighted by Crippen LogP contribution is -1.99. The smallest absolute Gasteiger partial charge is 0.235 e. The lowest BCUT2D eigenvalue weighted by molar-refractivity contribution is 0.340. The Hall–Kier alpha value is -2.58. The Morgan fingerprint density at radius 1 is 0.864 bits per heavy atom. The summed E-state index contributed by atoms with van der Waals surface area (Å²) in [4.78, 5) is 14.7. The molecule has 4 heteroatoms. The third-order valence-corrected chi connectivity index (χ3v) is 3.20. The van der Waals surface area contributed by atoms with Gasteiger partial charge < -0.3 is 9.47 Å². The summed E-state index contributed by atoms with van der Waals surface area (Å²) in [5.74, 6) is 1.60. The fraction of sp³-hybridized carbons (Fsp3) is 0.278. The molecule has 0 unspecified atom stereocenters. The Morgan fingerprint density at radius 2 is 1.27 bits per heavy atom. The van der Waals surface area contributed by atoms with Crippen LogP contribution in [0.3, 0.4) is 0 Å². The van der Waals surface area contributed by atoms with Gasteiger partial charge in [0.25, 0.3) is 0 Å². The van der Waals surface area contributed by atoms with Crippen LogP contribution in [-0.2, 0) is 4.79 Å². The number of hydrogen-bond acceptors (Lipinski definition) is 4. The Kier molecular flexibility index (Phi) is 5.75. The van der Waals surface area contributed by atoms with Crippen molar-refractivity contribution in [3.8, 4) is 11.5 Å². The van der Waals surface area contributed by atoms with Crippen molar-refractivity contribution in [3.63, 3.8) is 0 Å². The maximum Gasteiger partial charge on any atom is 0.235 e. The molecule has 0 saturated carbocycles. The summed E-state index contributed by atoms with van der Waals surface area (Å²) in [5.41, 5.74) is 1.83. The molecule has 2 aromatic carbocycles. The molecule has 0 aliphatic carbocycles. The summed E-state index contributed by atoms with van der Waals surface area (Å²) in [7, 11) is 0. The number of carbonyl (C=O) groups excluding carboxylic acids is 1. The first-order valence-corrected chi connectivity index (χ1v) is 7.31. The van der Waals surface area contributed by atoms with E-state index in [1.807, 2.05) is 62.4 Å². The van der Waals surface area contributed by atoms with Crippen LogP contribution in [0.15, 0.2) is 53.5 Å². The van der Waals surface area contributed by atoms with Gasteiger partial charge in [0.1, 0.15) is 17.5 Å². The van der Waals surface area contributed by atoms with Crippen LogP contribution in [0.2, 0.25) is 0 Å². The van der Waals surface area contributed by atoms with E-state index in [2.05, 4.69) is 4.99 Å². The summed E-state index contributed by atoms with van der Waals surface area (Å²) >= 11 is 0. The van der Waals surface area contributed by atoms with Gasteiger partial charge >= 0.3 is 0 Å². The molecule has 0 saturated heterocycles. The molecule has 0 aliphatic heterocycles. The number of hydrogen-bond donors (Lipinski definition) is 0. The normalized spacial score (nSPS) is 10.1. The molecule has 0 aliphatic rings. The topological polar surface area (TPSA) is 47.9 Å². The van der Waals surface area contributed by atoms with E-state index in [4.69, 9.17) is 9.47 Å². The van der Waals surface area contributed by atoms with Crippen molar-refractivity contribution < 1.29 is 14.3 Å². The zero-order valence-electron chi connectivity index (χ0n) is 12.8. The number of ether oxygens (including phenoxy) is 2. The van der Waals surface area contributed by atoms with Crippen molar-refractivity contribution in [1.29, 1.82) is 0 Å². The molecule has 114 valence electrons. The van der Waals surface area contributed by atoms with E-state index in [9.17, 15) is 4.79 Å². The van der Waals surface area contributed by atoms with E-state index in [1.54, 1.807) is 6.08 Å². The van der Waals surface area contributed by atoms with E-state index in [1.165, 1.54) is 0 Å². The van der Waals surface area contributed by atoms with Gasteiger partial charge in [-0.3, -0.25) is 0 Å². The lowest BCUT2D eigenvalue weighted by atomic mass is 9.99. The highest BCUT2D eigenvalue weighted by atomic mass is 16.5. The summed E-state index contributed by atoms with van der Waals surface area (Å²) in [6, 6.07) is 14.8. The van der Waals surface area contributed by atoms with E-state index in [0.717, 1.165) is 22.6 Å². The number of aliphatic imine (C=N–C) groups is 1. The van der Waals surface area contributed by atoms with E-state index in [-0.39, 0.29) is 6.04 Å². The Labute approximate surface area is 130 Å². The summed E-state index contributed by atoms with van der Waals surface area (Å²) in [6.07, 6.45) is 1.66. The van der Waals surface area contributed by atoms with Crippen LogP contribution in [0.25, 0.3) is 0 Å². The first-order valence-electron chi connectivity index (χ1n) is 7.31. The van der Waals surface area contributed by atoms with E-state index >= 15 is 0 Å². The first kappa shape index (κ1) is 15.8.